The van der Waals surface area contributed by atoms with Crippen LogP contribution < -0.4 is 10.6 Å². The van der Waals surface area contributed by atoms with E-state index in [1.165, 1.54) is 0 Å². The van der Waals surface area contributed by atoms with Crippen molar-refractivity contribution in [3.63, 3.8) is 0 Å². The van der Waals surface area contributed by atoms with Gasteiger partial charge in [-0.3, -0.25) is 19.6 Å². The van der Waals surface area contributed by atoms with Crippen molar-refractivity contribution in [1.29, 1.82) is 0 Å². The van der Waals surface area contributed by atoms with Crippen LogP contribution in [0.2, 0.25) is 0 Å². The van der Waals surface area contributed by atoms with Crippen molar-refractivity contribution in [3.8, 4) is 0 Å². The zero-order valence-corrected chi connectivity index (χ0v) is 21.6. The fraction of sp³-hybridized carbons (Fsp3) is 0.905. The number of likely N-dealkylation sites (tertiary alicyclic amines) is 2. The molecule has 170 valence electrons. The molecule has 3 unspecified atom stereocenters. The van der Waals surface area contributed by atoms with Crippen LogP contribution in [-0.2, 0) is 4.79 Å². The molecular weight excluding hydrogens is 479 g/mol. The Morgan fingerprint density at radius 3 is 2.59 bits per heavy atom. The van der Waals surface area contributed by atoms with Gasteiger partial charge in [-0.05, 0) is 52.5 Å². The molecule has 0 aliphatic carbocycles. The number of aliphatic imine (C=N–C) groups is 1. The standard InChI is InChI=1S/C21H42N6O.HI/c1-7-22-21(24-18-15-27(16(2)3)14-17(18)4)23-11-9-13-26-12-8-10-19(26)20(28)25(5)6;/h16-19H,7-15H2,1-6H3,(H2,22,23,24);1H. The minimum atomic E-state index is 0. The summed E-state index contributed by atoms with van der Waals surface area (Å²) in [5, 5.41) is 7.04. The van der Waals surface area contributed by atoms with Gasteiger partial charge in [-0.2, -0.15) is 0 Å². The lowest BCUT2D eigenvalue weighted by Crippen LogP contribution is -2.47. The zero-order chi connectivity index (χ0) is 20.7. The number of nitrogens with zero attached hydrogens (tertiary/aromatic N) is 4. The topological polar surface area (TPSA) is 63.2 Å². The highest BCUT2D eigenvalue weighted by Crippen LogP contribution is 2.19. The maximum absolute atomic E-state index is 12.3. The van der Waals surface area contributed by atoms with Crippen LogP contribution in [-0.4, -0.2) is 98.1 Å². The summed E-state index contributed by atoms with van der Waals surface area (Å²) in [6, 6.07) is 1.10. The Morgan fingerprint density at radius 2 is 2.00 bits per heavy atom. The van der Waals surface area contributed by atoms with E-state index in [0.717, 1.165) is 64.5 Å². The Kier molecular flexibility index (Phi) is 11.8. The molecule has 0 radical (unpaired) electrons. The van der Waals surface area contributed by atoms with E-state index >= 15 is 0 Å². The van der Waals surface area contributed by atoms with Gasteiger partial charge in [-0.1, -0.05) is 6.92 Å². The molecule has 2 aliphatic heterocycles. The van der Waals surface area contributed by atoms with Crippen LogP contribution >= 0.6 is 24.0 Å². The third-order valence-electron chi connectivity index (χ3n) is 6.00. The second kappa shape index (κ2) is 12.9. The van der Waals surface area contributed by atoms with E-state index < -0.39 is 0 Å². The van der Waals surface area contributed by atoms with E-state index in [2.05, 4.69) is 48.1 Å². The second-order valence-electron chi connectivity index (χ2n) is 8.82. The molecular formula is C21H43IN6O. The van der Waals surface area contributed by atoms with E-state index in [1.807, 2.05) is 14.1 Å². The summed E-state index contributed by atoms with van der Waals surface area (Å²) in [4.78, 5) is 23.7. The number of halogens is 1. The van der Waals surface area contributed by atoms with Gasteiger partial charge >= 0.3 is 0 Å². The van der Waals surface area contributed by atoms with Crippen molar-refractivity contribution >= 4 is 35.8 Å². The first-order valence-electron chi connectivity index (χ1n) is 11.1. The van der Waals surface area contributed by atoms with Gasteiger partial charge in [0.15, 0.2) is 5.96 Å². The normalized spacial score (nSPS) is 25.9. The number of carbonyl (C=O) groups is 1. The number of nitrogens with one attached hydrogen (secondary N) is 2. The largest absolute Gasteiger partial charge is 0.357 e. The Morgan fingerprint density at radius 1 is 1.28 bits per heavy atom. The van der Waals surface area contributed by atoms with Crippen molar-refractivity contribution in [1.82, 2.24) is 25.3 Å². The Balaban J connectivity index is 0.00000420. The third kappa shape index (κ3) is 7.86. The molecule has 0 aromatic carbocycles. The highest BCUT2D eigenvalue weighted by Gasteiger charge is 2.32. The molecule has 2 saturated heterocycles. The quantitative estimate of drug-likeness (QED) is 0.221. The van der Waals surface area contributed by atoms with Crippen LogP contribution in [0.1, 0.15) is 47.0 Å². The van der Waals surface area contributed by atoms with Gasteiger partial charge in [-0.25, -0.2) is 0 Å². The maximum atomic E-state index is 12.3. The van der Waals surface area contributed by atoms with E-state index in [4.69, 9.17) is 4.99 Å². The molecule has 3 atom stereocenters. The van der Waals surface area contributed by atoms with Crippen LogP contribution in [0.3, 0.4) is 0 Å². The molecule has 0 aromatic heterocycles. The van der Waals surface area contributed by atoms with Crippen molar-refractivity contribution in [2.24, 2.45) is 10.9 Å². The van der Waals surface area contributed by atoms with Crippen molar-refractivity contribution in [3.05, 3.63) is 0 Å². The Bertz CT molecular complexity index is 527. The fourth-order valence-corrected chi connectivity index (χ4v) is 4.25. The van der Waals surface area contributed by atoms with E-state index in [1.54, 1.807) is 4.90 Å². The van der Waals surface area contributed by atoms with Gasteiger partial charge in [0.2, 0.25) is 5.91 Å². The summed E-state index contributed by atoms with van der Waals surface area (Å²) in [5.74, 6) is 1.78. The third-order valence-corrected chi connectivity index (χ3v) is 6.00. The Hall–Kier alpha value is -0.610. The van der Waals surface area contributed by atoms with Gasteiger partial charge in [0.25, 0.3) is 0 Å². The van der Waals surface area contributed by atoms with Gasteiger partial charge < -0.3 is 15.5 Å². The SMILES string of the molecule is CCNC(=NCCCN1CCCC1C(=O)N(C)C)NC1CN(C(C)C)CC1C.I. The summed E-state index contributed by atoms with van der Waals surface area (Å²) in [7, 11) is 3.70. The number of amides is 1. The molecule has 29 heavy (non-hydrogen) atoms. The van der Waals surface area contributed by atoms with Crippen LogP contribution in [0.15, 0.2) is 4.99 Å². The highest BCUT2D eigenvalue weighted by atomic mass is 127. The molecule has 2 rings (SSSR count). The number of likely N-dealkylation sites (N-methyl/N-ethyl adjacent to an activating group) is 1. The number of guanidine groups is 1. The van der Waals surface area contributed by atoms with E-state index in [0.29, 0.717) is 18.0 Å². The lowest BCUT2D eigenvalue weighted by atomic mass is 10.1. The predicted molar refractivity (Wildman–Crippen MR) is 132 cm³/mol. The molecule has 2 fully saturated rings. The van der Waals surface area contributed by atoms with Gasteiger partial charge in [0.1, 0.15) is 0 Å². The molecule has 0 bridgehead atoms. The molecule has 2 heterocycles. The summed E-state index contributed by atoms with van der Waals surface area (Å²) in [6.45, 7) is 14.8. The molecule has 2 aliphatic rings. The average Bonchev–Trinajstić information content (AvgIpc) is 3.25. The lowest BCUT2D eigenvalue weighted by molar-refractivity contribution is -0.133. The zero-order valence-electron chi connectivity index (χ0n) is 19.3. The molecule has 8 heteroatoms. The van der Waals surface area contributed by atoms with E-state index in [-0.39, 0.29) is 35.9 Å². The highest BCUT2D eigenvalue weighted by molar-refractivity contribution is 14.0. The predicted octanol–water partition coefficient (Wildman–Crippen LogP) is 1.83. The van der Waals surface area contributed by atoms with Gasteiger partial charge in [-0.15, -0.1) is 24.0 Å². The Labute approximate surface area is 195 Å². The number of carbonyl (C=O) groups excluding carboxylic acids is 1. The first-order chi connectivity index (χ1) is 13.3. The summed E-state index contributed by atoms with van der Waals surface area (Å²) in [6.07, 6.45) is 3.08. The summed E-state index contributed by atoms with van der Waals surface area (Å²) < 4.78 is 0. The second-order valence-corrected chi connectivity index (χ2v) is 8.82. The lowest BCUT2D eigenvalue weighted by Gasteiger charge is -2.26. The minimum absolute atomic E-state index is 0. The van der Waals surface area contributed by atoms with Crippen molar-refractivity contribution in [2.75, 3.05) is 53.4 Å². The molecule has 1 amide bonds. The van der Waals surface area contributed by atoms with Gasteiger partial charge in [0, 0.05) is 58.9 Å². The molecule has 0 aromatic rings. The number of hydrogen-bond donors (Lipinski definition) is 2. The van der Waals surface area contributed by atoms with Crippen molar-refractivity contribution in [2.45, 2.75) is 65.1 Å². The molecule has 0 spiro atoms. The minimum Gasteiger partial charge on any atom is -0.357 e. The molecule has 0 saturated carbocycles. The molecule has 7 nitrogen and oxygen atoms in total. The first kappa shape index (κ1) is 26.4. The first-order valence-corrected chi connectivity index (χ1v) is 11.1. The summed E-state index contributed by atoms with van der Waals surface area (Å²) >= 11 is 0. The van der Waals surface area contributed by atoms with Crippen molar-refractivity contribution < 1.29 is 4.79 Å². The van der Waals surface area contributed by atoms with Crippen LogP contribution in [0.4, 0.5) is 0 Å². The smallest absolute Gasteiger partial charge is 0.239 e. The molecule has 2 N–H and O–H groups in total. The number of hydrogen-bond acceptors (Lipinski definition) is 4. The van der Waals surface area contributed by atoms with Crippen LogP contribution in [0.25, 0.3) is 0 Å². The van der Waals surface area contributed by atoms with E-state index in [9.17, 15) is 4.79 Å². The average molecular weight is 523 g/mol. The van der Waals surface area contributed by atoms with Gasteiger partial charge in [0.05, 0.1) is 6.04 Å². The summed E-state index contributed by atoms with van der Waals surface area (Å²) in [5.41, 5.74) is 0. The van der Waals surface area contributed by atoms with Crippen LogP contribution in [0, 0.1) is 5.92 Å². The number of rotatable bonds is 8. The fourth-order valence-electron chi connectivity index (χ4n) is 4.25. The maximum Gasteiger partial charge on any atom is 0.239 e. The monoisotopic (exact) mass is 522 g/mol. The van der Waals surface area contributed by atoms with Crippen LogP contribution in [0.5, 0.6) is 0 Å².